The van der Waals surface area contributed by atoms with E-state index in [1.54, 1.807) is 11.8 Å². The molecule has 0 aliphatic carbocycles. The van der Waals surface area contributed by atoms with E-state index in [4.69, 9.17) is 10.8 Å². The van der Waals surface area contributed by atoms with Crippen molar-refractivity contribution in [3.05, 3.63) is 35.9 Å². The summed E-state index contributed by atoms with van der Waals surface area (Å²) in [5.74, 6) is 0.498. The first-order valence-corrected chi connectivity index (χ1v) is 6.41. The maximum absolute atomic E-state index is 9.32. The lowest BCUT2D eigenvalue weighted by molar-refractivity contribution is 0.113. The Balaban J connectivity index is 2.62. The van der Waals surface area contributed by atoms with Crippen LogP contribution in [0.25, 0.3) is 0 Å². The third-order valence-corrected chi connectivity index (χ3v) is 3.92. The van der Waals surface area contributed by atoms with E-state index in [1.165, 1.54) is 0 Å². The zero-order valence-electron chi connectivity index (χ0n) is 9.41. The van der Waals surface area contributed by atoms with Crippen LogP contribution in [0.4, 0.5) is 0 Å². The molecule has 0 aromatic heterocycles. The molecule has 0 saturated carbocycles. The van der Waals surface area contributed by atoms with Crippen LogP contribution in [0.1, 0.15) is 17.7 Å². The Morgan fingerprint density at radius 3 is 2.44 bits per heavy atom. The summed E-state index contributed by atoms with van der Waals surface area (Å²) in [6.45, 7) is 1.75. The van der Waals surface area contributed by atoms with E-state index in [2.05, 4.69) is 0 Å². The van der Waals surface area contributed by atoms with Crippen LogP contribution in [0, 0.1) is 0 Å². The normalized spacial score (nSPS) is 16.8. The van der Waals surface area contributed by atoms with Crippen molar-refractivity contribution in [2.24, 2.45) is 5.73 Å². The Bertz CT molecular complexity index is 292. The zero-order chi connectivity index (χ0) is 12.0. The summed E-state index contributed by atoms with van der Waals surface area (Å²) in [6.07, 6.45) is -0.671. The van der Waals surface area contributed by atoms with Crippen molar-refractivity contribution in [1.82, 2.24) is 0 Å². The molecule has 0 saturated heterocycles. The number of hydrogen-bond acceptors (Lipinski definition) is 4. The van der Waals surface area contributed by atoms with Crippen LogP contribution >= 0.6 is 11.8 Å². The van der Waals surface area contributed by atoms with Crippen molar-refractivity contribution in [1.29, 1.82) is 0 Å². The highest BCUT2D eigenvalue weighted by Gasteiger charge is 2.17. The van der Waals surface area contributed by atoms with Crippen LogP contribution in [0.2, 0.25) is 0 Å². The Hall–Kier alpha value is -0.550. The van der Waals surface area contributed by atoms with Gasteiger partial charge in [0.15, 0.2) is 0 Å². The van der Waals surface area contributed by atoms with E-state index in [0.717, 1.165) is 5.56 Å². The molecule has 0 aliphatic heterocycles. The summed E-state index contributed by atoms with van der Waals surface area (Å²) in [5.41, 5.74) is 7.09. The van der Waals surface area contributed by atoms with Gasteiger partial charge in [-0.25, -0.2) is 0 Å². The van der Waals surface area contributed by atoms with Crippen LogP contribution in [0.3, 0.4) is 0 Å². The standard InChI is InChI=1S/C12H19NO2S/c1-9(13)12(16-8-11(15)7-14)10-5-3-2-4-6-10/h2-6,9,11-12,14-15H,7-8,13H2,1H3. The van der Waals surface area contributed by atoms with Gasteiger partial charge in [0.1, 0.15) is 0 Å². The van der Waals surface area contributed by atoms with Crippen molar-refractivity contribution in [3.63, 3.8) is 0 Å². The van der Waals surface area contributed by atoms with Gasteiger partial charge in [-0.15, -0.1) is 11.8 Å². The van der Waals surface area contributed by atoms with Gasteiger partial charge in [0, 0.05) is 17.0 Å². The van der Waals surface area contributed by atoms with Gasteiger partial charge in [-0.3, -0.25) is 0 Å². The Kier molecular flexibility index (Phi) is 5.84. The van der Waals surface area contributed by atoms with Gasteiger partial charge in [0.2, 0.25) is 0 Å². The van der Waals surface area contributed by atoms with Crippen LogP contribution < -0.4 is 5.73 Å². The lowest BCUT2D eigenvalue weighted by Gasteiger charge is -2.21. The molecule has 0 spiro atoms. The minimum absolute atomic E-state index is 0.0123. The highest BCUT2D eigenvalue weighted by Crippen LogP contribution is 2.31. The van der Waals surface area contributed by atoms with Gasteiger partial charge in [0.25, 0.3) is 0 Å². The van der Waals surface area contributed by atoms with Gasteiger partial charge >= 0.3 is 0 Å². The van der Waals surface area contributed by atoms with Gasteiger partial charge in [-0.2, -0.15) is 0 Å². The zero-order valence-corrected chi connectivity index (χ0v) is 10.2. The SMILES string of the molecule is CC(N)C(SCC(O)CO)c1ccccc1. The highest BCUT2D eigenvalue weighted by molar-refractivity contribution is 7.99. The van der Waals surface area contributed by atoms with Crippen molar-refractivity contribution >= 4 is 11.8 Å². The molecule has 16 heavy (non-hydrogen) atoms. The molecule has 0 aliphatic rings. The van der Waals surface area contributed by atoms with Gasteiger partial charge in [-0.05, 0) is 12.5 Å². The molecule has 1 aromatic carbocycles. The molecule has 4 heteroatoms. The van der Waals surface area contributed by atoms with Crippen molar-refractivity contribution in [2.75, 3.05) is 12.4 Å². The number of aliphatic hydroxyl groups is 2. The minimum Gasteiger partial charge on any atom is -0.394 e. The Morgan fingerprint density at radius 2 is 1.94 bits per heavy atom. The molecule has 0 bridgehead atoms. The maximum Gasteiger partial charge on any atom is 0.0861 e. The monoisotopic (exact) mass is 241 g/mol. The summed E-state index contributed by atoms with van der Waals surface area (Å²) in [4.78, 5) is 0. The fourth-order valence-corrected chi connectivity index (χ4v) is 2.65. The maximum atomic E-state index is 9.32. The van der Waals surface area contributed by atoms with E-state index < -0.39 is 6.10 Å². The van der Waals surface area contributed by atoms with Crippen LogP contribution in [-0.4, -0.2) is 34.7 Å². The molecule has 3 nitrogen and oxygen atoms in total. The summed E-state index contributed by atoms with van der Waals surface area (Å²) in [7, 11) is 0. The number of thioether (sulfide) groups is 1. The largest absolute Gasteiger partial charge is 0.394 e. The Morgan fingerprint density at radius 1 is 1.31 bits per heavy atom. The number of rotatable bonds is 6. The summed E-state index contributed by atoms with van der Waals surface area (Å²) < 4.78 is 0. The summed E-state index contributed by atoms with van der Waals surface area (Å²) in [5, 5.41) is 18.2. The molecule has 1 rings (SSSR count). The first-order valence-electron chi connectivity index (χ1n) is 5.36. The minimum atomic E-state index is -0.671. The second-order valence-corrected chi connectivity index (χ2v) is 5.03. The fraction of sp³-hybridized carbons (Fsp3) is 0.500. The molecule has 0 heterocycles. The average Bonchev–Trinajstić information content (AvgIpc) is 2.30. The summed E-state index contributed by atoms with van der Waals surface area (Å²) in [6, 6.07) is 10.0. The van der Waals surface area contributed by atoms with E-state index in [-0.39, 0.29) is 17.9 Å². The van der Waals surface area contributed by atoms with Gasteiger partial charge in [-0.1, -0.05) is 30.3 Å². The predicted molar refractivity (Wildman–Crippen MR) is 68.4 cm³/mol. The predicted octanol–water partition coefficient (Wildman–Crippen LogP) is 1.16. The number of benzene rings is 1. The lowest BCUT2D eigenvalue weighted by atomic mass is 10.1. The third-order valence-electron chi connectivity index (χ3n) is 2.28. The molecule has 0 amide bonds. The molecule has 3 unspecified atom stereocenters. The molecule has 3 atom stereocenters. The third kappa shape index (κ3) is 4.14. The molecule has 0 fully saturated rings. The van der Waals surface area contributed by atoms with Gasteiger partial charge in [0.05, 0.1) is 12.7 Å². The first kappa shape index (κ1) is 13.5. The number of aliphatic hydroxyl groups excluding tert-OH is 2. The molecular weight excluding hydrogens is 222 g/mol. The van der Waals surface area contributed by atoms with E-state index in [0.29, 0.717) is 5.75 Å². The van der Waals surface area contributed by atoms with E-state index in [1.807, 2.05) is 37.3 Å². The highest BCUT2D eigenvalue weighted by atomic mass is 32.2. The topological polar surface area (TPSA) is 66.5 Å². The van der Waals surface area contributed by atoms with Crippen LogP contribution in [-0.2, 0) is 0 Å². The van der Waals surface area contributed by atoms with Crippen molar-refractivity contribution in [3.8, 4) is 0 Å². The molecule has 1 aromatic rings. The van der Waals surface area contributed by atoms with E-state index >= 15 is 0 Å². The number of hydrogen-bond donors (Lipinski definition) is 3. The van der Waals surface area contributed by atoms with E-state index in [9.17, 15) is 5.11 Å². The first-order chi connectivity index (χ1) is 7.65. The Labute approximate surface area is 101 Å². The quantitative estimate of drug-likeness (QED) is 0.699. The number of nitrogens with two attached hydrogens (primary N) is 1. The average molecular weight is 241 g/mol. The fourth-order valence-electron chi connectivity index (χ4n) is 1.46. The van der Waals surface area contributed by atoms with Gasteiger partial charge < -0.3 is 15.9 Å². The molecular formula is C12H19NO2S. The van der Waals surface area contributed by atoms with Crippen LogP contribution in [0.15, 0.2) is 30.3 Å². The van der Waals surface area contributed by atoms with Crippen molar-refractivity contribution in [2.45, 2.75) is 24.3 Å². The summed E-state index contributed by atoms with van der Waals surface area (Å²) >= 11 is 1.58. The lowest BCUT2D eigenvalue weighted by Crippen LogP contribution is -2.25. The van der Waals surface area contributed by atoms with Crippen LogP contribution in [0.5, 0.6) is 0 Å². The molecule has 4 N–H and O–H groups in total. The van der Waals surface area contributed by atoms with Crippen molar-refractivity contribution < 1.29 is 10.2 Å². The second kappa shape index (κ2) is 6.91. The second-order valence-electron chi connectivity index (χ2n) is 3.86. The smallest absolute Gasteiger partial charge is 0.0861 e. The molecule has 0 radical (unpaired) electrons. The molecule has 90 valence electrons.